The molecule has 0 aliphatic carbocycles. The van der Waals surface area contributed by atoms with Crippen LogP contribution in [0, 0.1) is 6.92 Å². The van der Waals surface area contributed by atoms with Gasteiger partial charge in [-0.3, -0.25) is 0 Å². The van der Waals surface area contributed by atoms with Crippen molar-refractivity contribution in [3.63, 3.8) is 0 Å². The molecule has 2 aromatic carbocycles. The van der Waals surface area contributed by atoms with E-state index in [-0.39, 0.29) is 6.03 Å². The summed E-state index contributed by atoms with van der Waals surface area (Å²) in [5.41, 5.74) is 1.41. The zero-order valence-corrected chi connectivity index (χ0v) is 13.9. The first-order chi connectivity index (χ1) is 12.2. The first-order valence-electron chi connectivity index (χ1n) is 7.73. The van der Waals surface area contributed by atoms with Crippen LogP contribution in [0.25, 0.3) is 0 Å². The number of rotatable bonds is 5. The summed E-state index contributed by atoms with van der Waals surface area (Å²) >= 11 is 0. The van der Waals surface area contributed by atoms with Crippen LogP contribution in [0.5, 0.6) is 5.75 Å². The third kappa shape index (κ3) is 3.95. The summed E-state index contributed by atoms with van der Waals surface area (Å²) in [6.07, 6.45) is 0. The lowest BCUT2D eigenvalue weighted by Gasteiger charge is -2.18. The van der Waals surface area contributed by atoms with E-state index in [4.69, 9.17) is 9.26 Å². The molecule has 1 aromatic heterocycles. The maximum absolute atomic E-state index is 12.4. The van der Waals surface area contributed by atoms with Crippen LogP contribution in [0.2, 0.25) is 0 Å². The number of urea groups is 1. The van der Waals surface area contributed by atoms with Gasteiger partial charge in [0.05, 0.1) is 7.11 Å². The van der Waals surface area contributed by atoms with Gasteiger partial charge >= 0.3 is 6.03 Å². The Morgan fingerprint density at radius 2 is 1.84 bits per heavy atom. The maximum atomic E-state index is 12.4. The van der Waals surface area contributed by atoms with E-state index in [0.717, 1.165) is 5.56 Å². The number of hydrogen-bond acceptors (Lipinski definition) is 5. The van der Waals surface area contributed by atoms with Gasteiger partial charge in [0.1, 0.15) is 11.8 Å². The molecule has 128 valence electrons. The lowest BCUT2D eigenvalue weighted by atomic mass is 10.1. The van der Waals surface area contributed by atoms with Gasteiger partial charge in [-0.15, -0.1) is 0 Å². The highest BCUT2D eigenvalue weighted by molar-refractivity contribution is 5.89. The molecule has 3 aromatic rings. The van der Waals surface area contributed by atoms with Gasteiger partial charge < -0.3 is 19.9 Å². The summed E-state index contributed by atoms with van der Waals surface area (Å²) in [6, 6.07) is 15.5. The van der Waals surface area contributed by atoms with E-state index in [2.05, 4.69) is 20.8 Å². The minimum Gasteiger partial charge on any atom is -0.496 e. The molecule has 0 aliphatic heterocycles. The summed E-state index contributed by atoms with van der Waals surface area (Å²) in [7, 11) is 1.57. The Hall–Kier alpha value is -3.35. The van der Waals surface area contributed by atoms with Gasteiger partial charge in [-0.1, -0.05) is 41.6 Å². The van der Waals surface area contributed by atoms with E-state index < -0.39 is 6.04 Å². The molecule has 1 atom stereocenters. The van der Waals surface area contributed by atoms with Crippen LogP contribution in [0.3, 0.4) is 0 Å². The number of amides is 2. The van der Waals surface area contributed by atoms with Crippen LogP contribution < -0.4 is 15.4 Å². The molecule has 0 saturated carbocycles. The van der Waals surface area contributed by atoms with E-state index in [9.17, 15) is 4.79 Å². The Balaban J connectivity index is 1.88. The first kappa shape index (κ1) is 16.5. The van der Waals surface area contributed by atoms with Crippen molar-refractivity contribution in [2.24, 2.45) is 0 Å². The fraction of sp³-hybridized carbons (Fsp3) is 0.167. The topological polar surface area (TPSA) is 89.3 Å². The largest absolute Gasteiger partial charge is 0.496 e. The second-order valence-electron chi connectivity index (χ2n) is 5.31. The molecular formula is C18H18N4O3. The highest BCUT2D eigenvalue weighted by atomic mass is 16.5. The minimum atomic E-state index is -0.614. The number of para-hydroxylation sites is 2. The Morgan fingerprint density at radius 1 is 1.12 bits per heavy atom. The van der Waals surface area contributed by atoms with Crippen molar-refractivity contribution < 1.29 is 14.1 Å². The van der Waals surface area contributed by atoms with E-state index in [1.54, 1.807) is 26.2 Å². The molecule has 25 heavy (non-hydrogen) atoms. The summed E-state index contributed by atoms with van der Waals surface area (Å²) in [6.45, 7) is 1.69. The third-order valence-electron chi connectivity index (χ3n) is 3.56. The number of ether oxygens (including phenoxy) is 1. The monoisotopic (exact) mass is 338 g/mol. The molecule has 3 rings (SSSR count). The molecule has 0 unspecified atom stereocenters. The van der Waals surface area contributed by atoms with Crippen LogP contribution in [-0.2, 0) is 0 Å². The van der Waals surface area contributed by atoms with Crippen LogP contribution >= 0.6 is 0 Å². The summed E-state index contributed by atoms with van der Waals surface area (Å²) in [5, 5.41) is 9.59. The average molecular weight is 338 g/mol. The molecule has 7 nitrogen and oxygen atoms in total. The molecule has 1 heterocycles. The second kappa shape index (κ2) is 7.48. The molecule has 0 fully saturated rings. The predicted molar refractivity (Wildman–Crippen MR) is 92.5 cm³/mol. The SMILES string of the molecule is COc1ccccc1[C@@H](NC(=O)Nc1ccccc1)c1noc(C)n1. The summed E-state index contributed by atoms with van der Waals surface area (Å²) < 4.78 is 10.5. The van der Waals surface area contributed by atoms with E-state index in [1.807, 2.05) is 42.5 Å². The Morgan fingerprint density at radius 3 is 2.52 bits per heavy atom. The van der Waals surface area contributed by atoms with Crippen molar-refractivity contribution in [1.29, 1.82) is 0 Å². The van der Waals surface area contributed by atoms with Crippen LogP contribution in [0.1, 0.15) is 23.3 Å². The molecule has 0 spiro atoms. The summed E-state index contributed by atoms with van der Waals surface area (Å²) in [5.74, 6) is 1.39. The second-order valence-corrected chi connectivity index (χ2v) is 5.31. The van der Waals surface area contributed by atoms with Gasteiger partial charge in [0.15, 0.2) is 5.82 Å². The van der Waals surface area contributed by atoms with E-state index >= 15 is 0 Å². The number of carbonyl (C=O) groups is 1. The molecule has 2 amide bonds. The maximum Gasteiger partial charge on any atom is 0.320 e. The quantitative estimate of drug-likeness (QED) is 0.745. The zero-order chi connectivity index (χ0) is 17.6. The Kier molecular flexibility index (Phi) is 4.94. The Labute approximate surface area is 145 Å². The van der Waals surface area contributed by atoms with Crippen LogP contribution in [-0.4, -0.2) is 23.3 Å². The number of methoxy groups -OCH3 is 1. The lowest BCUT2D eigenvalue weighted by molar-refractivity contribution is 0.249. The fourth-order valence-corrected chi connectivity index (χ4v) is 2.44. The lowest BCUT2D eigenvalue weighted by Crippen LogP contribution is -2.34. The van der Waals surface area contributed by atoms with Gasteiger partial charge in [-0.25, -0.2) is 4.79 Å². The molecule has 0 saturated heterocycles. The number of carbonyl (C=O) groups excluding carboxylic acids is 1. The van der Waals surface area contributed by atoms with Gasteiger partial charge in [-0.05, 0) is 18.2 Å². The van der Waals surface area contributed by atoms with Crippen molar-refractivity contribution >= 4 is 11.7 Å². The summed E-state index contributed by atoms with van der Waals surface area (Å²) in [4.78, 5) is 16.7. The number of aromatic nitrogens is 2. The minimum absolute atomic E-state index is 0.352. The highest BCUT2D eigenvalue weighted by Crippen LogP contribution is 2.28. The van der Waals surface area contributed by atoms with Crippen LogP contribution in [0.15, 0.2) is 59.1 Å². The van der Waals surface area contributed by atoms with Gasteiger partial charge in [-0.2, -0.15) is 4.98 Å². The van der Waals surface area contributed by atoms with Crippen molar-refractivity contribution in [3.8, 4) is 5.75 Å². The Bertz CT molecular complexity index is 848. The molecular weight excluding hydrogens is 320 g/mol. The third-order valence-corrected chi connectivity index (χ3v) is 3.56. The standard InChI is InChI=1S/C18H18N4O3/c1-12-19-17(22-25-12)16(14-10-6-7-11-15(14)24-2)21-18(23)20-13-8-4-3-5-9-13/h3-11,16H,1-2H3,(H2,20,21,23)/t16-/m1/s1. The van der Waals surface area contributed by atoms with Crippen molar-refractivity contribution in [1.82, 2.24) is 15.5 Å². The molecule has 0 bridgehead atoms. The van der Waals surface area contributed by atoms with Crippen molar-refractivity contribution in [3.05, 3.63) is 71.9 Å². The molecule has 2 N–H and O–H groups in total. The predicted octanol–water partition coefficient (Wildman–Crippen LogP) is 3.30. The van der Waals surface area contributed by atoms with E-state index in [1.165, 1.54) is 0 Å². The van der Waals surface area contributed by atoms with Crippen LogP contribution in [0.4, 0.5) is 10.5 Å². The van der Waals surface area contributed by atoms with Gasteiger partial charge in [0, 0.05) is 18.2 Å². The van der Waals surface area contributed by atoms with E-state index in [0.29, 0.717) is 23.2 Å². The van der Waals surface area contributed by atoms with Gasteiger partial charge in [0.25, 0.3) is 0 Å². The molecule has 0 radical (unpaired) electrons. The van der Waals surface area contributed by atoms with Crippen molar-refractivity contribution in [2.75, 3.05) is 12.4 Å². The average Bonchev–Trinajstić information content (AvgIpc) is 3.06. The fourth-order valence-electron chi connectivity index (χ4n) is 2.44. The number of nitrogens with zero attached hydrogens (tertiary/aromatic N) is 2. The number of anilines is 1. The van der Waals surface area contributed by atoms with Crippen molar-refractivity contribution in [2.45, 2.75) is 13.0 Å². The normalized spacial score (nSPS) is 11.6. The number of hydrogen-bond donors (Lipinski definition) is 2. The first-order valence-corrected chi connectivity index (χ1v) is 7.73. The molecule has 7 heteroatoms. The van der Waals surface area contributed by atoms with Gasteiger partial charge in [0.2, 0.25) is 5.89 Å². The number of benzene rings is 2. The smallest absolute Gasteiger partial charge is 0.320 e. The molecule has 0 aliphatic rings. The zero-order valence-electron chi connectivity index (χ0n) is 13.9. The number of nitrogens with one attached hydrogen (secondary N) is 2. The number of aryl methyl sites for hydroxylation is 1. The highest BCUT2D eigenvalue weighted by Gasteiger charge is 2.25.